The van der Waals surface area contributed by atoms with Crippen LogP contribution in [0.4, 0.5) is 10.2 Å². The Morgan fingerprint density at radius 3 is 2.62 bits per heavy atom. The van der Waals surface area contributed by atoms with Gasteiger partial charge in [0.25, 0.3) is 0 Å². The standard InChI is InChI=1S/C25H20BrFN6O/c1-16-23-19(17-7-3-2-4-8-17)11-12-28-25(23)33(30-16)15-22(34)29-24-20(26)14-32(31-24)13-18-9-5-6-10-21(18)27/h2-12,14H,13,15H2,1H3,(H,29,31,34). The molecule has 0 saturated heterocycles. The van der Waals surface area contributed by atoms with Crippen LogP contribution in [-0.4, -0.2) is 30.5 Å². The van der Waals surface area contributed by atoms with Crippen LogP contribution in [0, 0.1) is 12.7 Å². The van der Waals surface area contributed by atoms with E-state index in [-0.39, 0.29) is 24.8 Å². The van der Waals surface area contributed by atoms with Crippen LogP contribution in [0.2, 0.25) is 0 Å². The van der Waals surface area contributed by atoms with E-state index in [1.807, 2.05) is 43.3 Å². The zero-order valence-corrected chi connectivity index (χ0v) is 19.8. The van der Waals surface area contributed by atoms with E-state index in [9.17, 15) is 9.18 Å². The molecule has 170 valence electrons. The van der Waals surface area contributed by atoms with Crippen molar-refractivity contribution >= 4 is 38.7 Å². The number of hydrogen-bond donors (Lipinski definition) is 1. The summed E-state index contributed by atoms with van der Waals surface area (Å²) in [5, 5.41) is 12.7. The summed E-state index contributed by atoms with van der Waals surface area (Å²) in [5.74, 6) is -0.247. The predicted molar refractivity (Wildman–Crippen MR) is 132 cm³/mol. The number of hydrogen-bond acceptors (Lipinski definition) is 4. The molecule has 0 aliphatic heterocycles. The molecule has 7 nitrogen and oxygen atoms in total. The number of anilines is 1. The minimum atomic E-state index is -0.303. The van der Waals surface area contributed by atoms with Gasteiger partial charge in [0.2, 0.25) is 5.91 Å². The first-order valence-corrected chi connectivity index (χ1v) is 11.4. The van der Waals surface area contributed by atoms with E-state index in [2.05, 4.69) is 36.4 Å². The summed E-state index contributed by atoms with van der Waals surface area (Å²) in [4.78, 5) is 17.3. The fourth-order valence-electron chi connectivity index (χ4n) is 3.92. The normalized spacial score (nSPS) is 11.1. The van der Waals surface area contributed by atoms with Crippen LogP contribution in [0.5, 0.6) is 0 Å². The molecule has 5 aromatic rings. The number of halogens is 2. The van der Waals surface area contributed by atoms with Crippen molar-refractivity contribution in [3.05, 3.63) is 94.6 Å². The Morgan fingerprint density at radius 2 is 1.82 bits per heavy atom. The predicted octanol–water partition coefficient (Wildman–Crippen LogP) is 5.19. The highest BCUT2D eigenvalue weighted by molar-refractivity contribution is 9.10. The lowest BCUT2D eigenvalue weighted by Crippen LogP contribution is -2.20. The van der Waals surface area contributed by atoms with Crippen LogP contribution < -0.4 is 5.32 Å². The molecule has 9 heteroatoms. The molecule has 3 aromatic heterocycles. The fraction of sp³-hybridized carbons (Fsp3) is 0.120. The van der Waals surface area contributed by atoms with Gasteiger partial charge in [-0.2, -0.15) is 10.2 Å². The third-order valence-corrected chi connectivity index (χ3v) is 6.03. The molecular weight excluding hydrogens is 499 g/mol. The average molecular weight is 519 g/mol. The number of aryl methyl sites for hydroxylation is 1. The average Bonchev–Trinajstić information content (AvgIpc) is 3.34. The van der Waals surface area contributed by atoms with Crippen LogP contribution in [0.3, 0.4) is 0 Å². The number of nitrogens with one attached hydrogen (secondary N) is 1. The second-order valence-corrected chi connectivity index (χ2v) is 8.68. The first-order chi connectivity index (χ1) is 16.5. The van der Waals surface area contributed by atoms with Crippen molar-refractivity contribution < 1.29 is 9.18 Å². The molecule has 1 N–H and O–H groups in total. The molecular formula is C25H20BrFN6O. The minimum Gasteiger partial charge on any atom is -0.307 e. The van der Waals surface area contributed by atoms with Gasteiger partial charge in [-0.15, -0.1) is 0 Å². The van der Waals surface area contributed by atoms with Gasteiger partial charge in [-0.05, 0) is 46.1 Å². The Labute approximate surface area is 203 Å². The lowest BCUT2D eigenvalue weighted by Gasteiger charge is -2.06. The van der Waals surface area contributed by atoms with Crippen molar-refractivity contribution in [3.8, 4) is 11.1 Å². The minimum absolute atomic E-state index is 0.0256. The molecule has 3 heterocycles. The van der Waals surface area contributed by atoms with Gasteiger partial charge in [0.15, 0.2) is 11.5 Å². The highest BCUT2D eigenvalue weighted by Gasteiger charge is 2.17. The third kappa shape index (κ3) is 4.34. The lowest BCUT2D eigenvalue weighted by atomic mass is 10.0. The van der Waals surface area contributed by atoms with E-state index in [0.717, 1.165) is 22.2 Å². The maximum absolute atomic E-state index is 14.0. The van der Waals surface area contributed by atoms with E-state index in [0.29, 0.717) is 21.5 Å². The number of fused-ring (bicyclic) bond motifs is 1. The van der Waals surface area contributed by atoms with Crippen molar-refractivity contribution in [2.75, 3.05) is 5.32 Å². The molecule has 5 rings (SSSR count). The molecule has 0 unspecified atom stereocenters. The largest absolute Gasteiger partial charge is 0.307 e. The summed E-state index contributed by atoms with van der Waals surface area (Å²) in [7, 11) is 0. The third-order valence-electron chi connectivity index (χ3n) is 5.45. The zero-order valence-electron chi connectivity index (χ0n) is 18.2. The summed E-state index contributed by atoms with van der Waals surface area (Å²) >= 11 is 3.42. The summed E-state index contributed by atoms with van der Waals surface area (Å²) in [6, 6.07) is 18.5. The van der Waals surface area contributed by atoms with Gasteiger partial charge in [0.1, 0.15) is 12.4 Å². The SMILES string of the molecule is Cc1nn(CC(=O)Nc2nn(Cc3ccccc3F)cc2Br)c2nccc(-c3ccccc3)c12. The van der Waals surface area contributed by atoms with Crippen molar-refractivity contribution in [2.24, 2.45) is 0 Å². The Kier molecular flexibility index (Phi) is 5.93. The Hall–Kier alpha value is -3.85. The second kappa shape index (κ2) is 9.18. The van der Waals surface area contributed by atoms with Gasteiger partial charge in [-0.3, -0.25) is 9.48 Å². The second-order valence-electron chi connectivity index (χ2n) is 7.83. The van der Waals surface area contributed by atoms with Crippen molar-refractivity contribution in [1.82, 2.24) is 24.5 Å². The summed E-state index contributed by atoms with van der Waals surface area (Å²) in [6.45, 7) is 2.13. The van der Waals surface area contributed by atoms with E-state index in [1.54, 1.807) is 40.0 Å². The lowest BCUT2D eigenvalue weighted by molar-refractivity contribution is -0.116. The van der Waals surface area contributed by atoms with E-state index in [1.165, 1.54) is 6.07 Å². The van der Waals surface area contributed by atoms with Crippen LogP contribution in [0.1, 0.15) is 11.3 Å². The molecule has 0 bridgehead atoms. The molecule has 0 fully saturated rings. The Bertz CT molecular complexity index is 1490. The van der Waals surface area contributed by atoms with Gasteiger partial charge < -0.3 is 5.32 Å². The number of aromatic nitrogens is 5. The van der Waals surface area contributed by atoms with Crippen LogP contribution >= 0.6 is 15.9 Å². The van der Waals surface area contributed by atoms with Gasteiger partial charge in [0, 0.05) is 23.3 Å². The Balaban J connectivity index is 1.36. The smallest absolute Gasteiger partial charge is 0.247 e. The zero-order chi connectivity index (χ0) is 23.7. The molecule has 0 spiro atoms. The number of carbonyl (C=O) groups excluding carboxylic acids is 1. The fourth-order valence-corrected chi connectivity index (χ4v) is 4.34. The van der Waals surface area contributed by atoms with Gasteiger partial charge in [-0.1, -0.05) is 48.5 Å². The van der Waals surface area contributed by atoms with Crippen molar-refractivity contribution in [1.29, 1.82) is 0 Å². The van der Waals surface area contributed by atoms with Crippen LogP contribution in [0.15, 0.2) is 77.5 Å². The summed E-state index contributed by atoms with van der Waals surface area (Å²) in [5.41, 5.74) is 4.02. The monoisotopic (exact) mass is 518 g/mol. The van der Waals surface area contributed by atoms with Gasteiger partial charge >= 0.3 is 0 Å². The molecule has 0 saturated carbocycles. The van der Waals surface area contributed by atoms with Crippen LogP contribution in [-0.2, 0) is 17.9 Å². The first-order valence-electron chi connectivity index (χ1n) is 10.6. The Morgan fingerprint density at radius 1 is 1.06 bits per heavy atom. The number of benzene rings is 2. The summed E-state index contributed by atoms with van der Waals surface area (Å²) < 4.78 is 17.7. The highest BCUT2D eigenvalue weighted by atomic mass is 79.9. The van der Waals surface area contributed by atoms with Crippen molar-refractivity contribution in [2.45, 2.75) is 20.0 Å². The number of rotatable bonds is 6. The van der Waals surface area contributed by atoms with Gasteiger partial charge in [-0.25, -0.2) is 14.1 Å². The molecule has 0 atom stereocenters. The topological polar surface area (TPSA) is 77.6 Å². The van der Waals surface area contributed by atoms with Gasteiger partial charge in [0.05, 0.1) is 16.7 Å². The molecule has 1 amide bonds. The number of pyridine rings is 1. The quantitative estimate of drug-likeness (QED) is 0.335. The number of carbonyl (C=O) groups is 1. The molecule has 2 aromatic carbocycles. The van der Waals surface area contributed by atoms with E-state index < -0.39 is 0 Å². The number of nitrogens with zero attached hydrogens (tertiary/aromatic N) is 5. The maximum atomic E-state index is 14.0. The molecule has 34 heavy (non-hydrogen) atoms. The van der Waals surface area contributed by atoms with Crippen LogP contribution in [0.25, 0.3) is 22.2 Å². The molecule has 0 radical (unpaired) electrons. The van der Waals surface area contributed by atoms with E-state index >= 15 is 0 Å². The maximum Gasteiger partial charge on any atom is 0.247 e. The first kappa shape index (κ1) is 22.0. The molecule has 0 aliphatic carbocycles. The van der Waals surface area contributed by atoms with Crippen molar-refractivity contribution in [3.63, 3.8) is 0 Å². The van der Waals surface area contributed by atoms with E-state index in [4.69, 9.17) is 0 Å². The highest BCUT2D eigenvalue weighted by Crippen LogP contribution is 2.29. The summed E-state index contributed by atoms with van der Waals surface area (Å²) in [6.07, 6.45) is 3.42. The number of amides is 1. The molecule has 0 aliphatic rings.